The molecule has 1 N–H and O–H groups in total. The summed E-state index contributed by atoms with van der Waals surface area (Å²) < 4.78 is 12.3. The molecule has 0 fully saturated rings. The van der Waals surface area contributed by atoms with Crippen molar-refractivity contribution in [3.63, 3.8) is 0 Å². The van der Waals surface area contributed by atoms with Crippen LogP contribution < -0.4 is 10.1 Å². The maximum absolute atomic E-state index is 12.8. The van der Waals surface area contributed by atoms with Crippen LogP contribution in [0.25, 0.3) is 5.69 Å². The van der Waals surface area contributed by atoms with Crippen molar-refractivity contribution in [2.45, 2.75) is 13.8 Å². The number of methoxy groups -OCH3 is 1. The first-order valence-corrected chi connectivity index (χ1v) is 8.75. The molecule has 0 radical (unpaired) electrons. The van der Waals surface area contributed by atoms with E-state index in [1.165, 1.54) is 0 Å². The predicted octanol–water partition coefficient (Wildman–Crippen LogP) is 3.77. The number of hydrogen-bond acceptors (Lipinski definition) is 4. The second-order valence-corrected chi connectivity index (χ2v) is 6.11. The lowest BCUT2D eigenvalue weighted by atomic mass is 10.1. The Labute approximate surface area is 158 Å². The summed E-state index contributed by atoms with van der Waals surface area (Å²) in [6.45, 7) is 4.75. The first-order chi connectivity index (χ1) is 13.1. The number of aryl methyl sites for hydroxylation is 1. The average Bonchev–Trinajstić information content (AvgIpc) is 2.98. The van der Waals surface area contributed by atoms with Gasteiger partial charge in [-0.2, -0.15) is 5.10 Å². The molecular formula is C21H23N3O3. The van der Waals surface area contributed by atoms with Crippen molar-refractivity contribution in [2.75, 3.05) is 25.6 Å². The lowest BCUT2D eigenvalue weighted by Gasteiger charge is -2.09. The van der Waals surface area contributed by atoms with E-state index in [-0.39, 0.29) is 5.91 Å². The molecule has 6 nitrogen and oxygen atoms in total. The second kappa shape index (κ2) is 8.51. The minimum atomic E-state index is -0.180. The van der Waals surface area contributed by atoms with Gasteiger partial charge in [0.15, 0.2) is 0 Å². The summed E-state index contributed by atoms with van der Waals surface area (Å²) in [6.07, 6.45) is 0. The number of carbonyl (C=O) groups excluding carboxylic acids is 1. The number of nitrogens with one attached hydrogen (secondary N) is 1. The lowest BCUT2D eigenvalue weighted by molar-refractivity contribution is 0.102. The van der Waals surface area contributed by atoms with Gasteiger partial charge in [-0.1, -0.05) is 18.2 Å². The van der Waals surface area contributed by atoms with Gasteiger partial charge in [0.05, 0.1) is 29.2 Å². The SMILES string of the molecule is COCCOc1ccc(NC(=O)c2c(C)nn(-c3ccccc3)c2C)cc1. The van der Waals surface area contributed by atoms with Gasteiger partial charge in [-0.3, -0.25) is 4.79 Å². The Hall–Kier alpha value is -3.12. The third-order valence-electron chi connectivity index (χ3n) is 4.19. The monoisotopic (exact) mass is 365 g/mol. The molecule has 0 aliphatic rings. The van der Waals surface area contributed by atoms with Crippen molar-refractivity contribution in [2.24, 2.45) is 0 Å². The van der Waals surface area contributed by atoms with Crippen molar-refractivity contribution in [3.05, 3.63) is 71.5 Å². The van der Waals surface area contributed by atoms with Gasteiger partial charge in [-0.15, -0.1) is 0 Å². The van der Waals surface area contributed by atoms with Crippen molar-refractivity contribution in [3.8, 4) is 11.4 Å². The van der Waals surface area contributed by atoms with Crippen LogP contribution in [0.2, 0.25) is 0 Å². The Balaban J connectivity index is 1.74. The summed E-state index contributed by atoms with van der Waals surface area (Å²) >= 11 is 0. The van der Waals surface area contributed by atoms with Crippen LogP contribution in [-0.4, -0.2) is 36.0 Å². The van der Waals surface area contributed by atoms with E-state index in [0.29, 0.717) is 30.2 Å². The summed E-state index contributed by atoms with van der Waals surface area (Å²) in [4.78, 5) is 12.8. The molecule has 0 saturated carbocycles. The quantitative estimate of drug-likeness (QED) is 0.648. The molecule has 140 valence electrons. The van der Waals surface area contributed by atoms with E-state index in [0.717, 1.165) is 17.1 Å². The van der Waals surface area contributed by atoms with Gasteiger partial charge in [-0.05, 0) is 50.2 Å². The van der Waals surface area contributed by atoms with Crippen molar-refractivity contribution >= 4 is 11.6 Å². The van der Waals surface area contributed by atoms with Crippen molar-refractivity contribution in [1.29, 1.82) is 0 Å². The first kappa shape index (κ1) is 18.7. The van der Waals surface area contributed by atoms with Gasteiger partial charge in [0.2, 0.25) is 0 Å². The van der Waals surface area contributed by atoms with Gasteiger partial charge < -0.3 is 14.8 Å². The Morgan fingerprint density at radius 2 is 1.74 bits per heavy atom. The minimum absolute atomic E-state index is 0.180. The molecule has 1 amide bonds. The molecule has 0 aliphatic heterocycles. The molecule has 1 aromatic heterocycles. The van der Waals surface area contributed by atoms with Crippen LogP contribution >= 0.6 is 0 Å². The maximum atomic E-state index is 12.8. The zero-order chi connectivity index (χ0) is 19.2. The number of nitrogens with zero attached hydrogens (tertiary/aromatic N) is 2. The van der Waals surface area contributed by atoms with Gasteiger partial charge >= 0.3 is 0 Å². The molecule has 0 bridgehead atoms. The zero-order valence-corrected chi connectivity index (χ0v) is 15.7. The van der Waals surface area contributed by atoms with Crippen LogP contribution in [0.5, 0.6) is 5.75 Å². The smallest absolute Gasteiger partial charge is 0.259 e. The van der Waals surface area contributed by atoms with Crippen LogP contribution in [0, 0.1) is 13.8 Å². The Morgan fingerprint density at radius 1 is 1.04 bits per heavy atom. The zero-order valence-electron chi connectivity index (χ0n) is 15.7. The number of anilines is 1. The first-order valence-electron chi connectivity index (χ1n) is 8.75. The number of ether oxygens (including phenoxy) is 2. The van der Waals surface area contributed by atoms with Gasteiger partial charge in [0, 0.05) is 12.8 Å². The van der Waals surface area contributed by atoms with E-state index in [1.807, 2.05) is 68.4 Å². The fraction of sp³-hybridized carbons (Fsp3) is 0.238. The van der Waals surface area contributed by atoms with E-state index >= 15 is 0 Å². The van der Waals surface area contributed by atoms with E-state index < -0.39 is 0 Å². The molecular weight excluding hydrogens is 342 g/mol. The number of benzene rings is 2. The Kier molecular flexibility index (Phi) is 5.88. The topological polar surface area (TPSA) is 65.4 Å². The lowest BCUT2D eigenvalue weighted by Crippen LogP contribution is -2.14. The highest BCUT2D eigenvalue weighted by molar-refractivity contribution is 6.06. The Bertz CT molecular complexity index is 902. The molecule has 0 aliphatic carbocycles. The summed E-state index contributed by atoms with van der Waals surface area (Å²) in [6, 6.07) is 17.0. The Morgan fingerprint density at radius 3 is 2.41 bits per heavy atom. The third kappa shape index (κ3) is 4.35. The minimum Gasteiger partial charge on any atom is -0.491 e. The number of carbonyl (C=O) groups is 1. The molecule has 0 atom stereocenters. The fourth-order valence-corrected chi connectivity index (χ4v) is 2.86. The molecule has 1 heterocycles. The van der Waals surface area contributed by atoms with Crippen LogP contribution in [0.4, 0.5) is 5.69 Å². The fourth-order valence-electron chi connectivity index (χ4n) is 2.86. The third-order valence-corrected chi connectivity index (χ3v) is 4.19. The maximum Gasteiger partial charge on any atom is 0.259 e. The molecule has 0 unspecified atom stereocenters. The highest BCUT2D eigenvalue weighted by Crippen LogP contribution is 2.21. The van der Waals surface area contributed by atoms with Gasteiger partial charge in [0.25, 0.3) is 5.91 Å². The van der Waals surface area contributed by atoms with Gasteiger partial charge in [-0.25, -0.2) is 4.68 Å². The summed E-state index contributed by atoms with van der Waals surface area (Å²) in [5, 5.41) is 7.45. The molecule has 0 saturated heterocycles. The highest BCUT2D eigenvalue weighted by atomic mass is 16.5. The molecule has 2 aromatic carbocycles. The summed E-state index contributed by atoms with van der Waals surface area (Å²) in [5.41, 5.74) is 3.70. The highest BCUT2D eigenvalue weighted by Gasteiger charge is 2.19. The summed E-state index contributed by atoms with van der Waals surface area (Å²) in [7, 11) is 1.63. The van der Waals surface area contributed by atoms with Crippen LogP contribution in [0.3, 0.4) is 0 Å². The van der Waals surface area contributed by atoms with Crippen LogP contribution in [-0.2, 0) is 4.74 Å². The molecule has 27 heavy (non-hydrogen) atoms. The largest absolute Gasteiger partial charge is 0.491 e. The number of rotatable bonds is 7. The van der Waals surface area contributed by atoms with Crippen LogP contribution in [0.15, 0.2) is 54.6 Å². The van der Waals surface area contributed by atoms with E-state index in [4.69, 9.17) is 9.47 Å². The van der Waals surface area contributed by atoms with Crippen molar-refractivity contribution < 1.29 is 14.3 Å². The number of aromatic nitrogens is 2. The van der Waals surface area contributed by atoms with Gasteiger partial charge in [0.1, 0.15) is 12.4 Å². The molecule has 6 heteroatoms. The van der Waals surface area contributed by atoms with E-state index in [1.54, 1.807) is 11.8 Å². The van der Waals surface area contributed by atoms with Crippen LogP contribution in [0.1, 0.15) is 21.7 Å². The second-order valence-electron chi connectivity index (χ2n) is 6.11. The molecule has 3 rings (SSSR count). The predicted molar refractivity (Wildman–Crippen MR) is 105 cm³/mol. The number of para-hydroxylation sites is 1. The van der Waals surface area contributed by atoms with Crippen molar-refractivity contribution in [1.82, 2.24) is 9.78 Å². The standard InChI is InChI=1S/C21H23N3O3/c1-15-20(16(2)24(23-15)18-7-5-4-6-8-18)21(25)22-17-9-11-19(12-10-17)27-14-13-26-3/h4-12H,13-14H2,1-3H3,(H,22,25). The molecule has 0 spiro atoms. The number of amides is 1. The number of hydrogen-bond donors (Lipinski definition) is 1. The average molecular weight is 365 g/mol. The summed E-state index contributed by atoms with van der Waals surface area (Å²) in [5.74, 6) is 0.550. The molecule has 3 aromatic rings. The van der Waals surface area contributed by atoms with E-state index in [2.05, 4.69) is 10.4 Å². The normalized spacial score (nSPS) is 10.6. The van der Waals surface area contributed by atoms with E-state index in [9.17, 15) is 4.79 Å².